The summed E-state index contributed by atoms with van der Waals surface area (Å²) < 4.78 is 11.3. The van der Waals surface area contributed by atoms with Crippen LogP contribution in [0.4, 0.5) is 5.69 Å². The van der Waals surface area contributed by atoms with Gasteiger partial charge in [0, 0.05) is 24.3 Å². The third-order valence-corrected chi connectivity index (χ3v) is 3.95. The lowest BCUT2D eigenvalue weighted by atomic mass is 9.91. The van der Waals surface area contributed by atoms with E-state index in [1.807, 2.05) is 19.1 Å². The number of methoxy groups -OCH3 is 1. The predicted molar refractivity (Wildman–Crippen MR) is 84.8 cm³/mol. The topological polar surface area (TPSA) is 30.5 Å². The molecule has 2 atom stereocenters. The Morgan fingerprint density at radius 2 is 1.95 bits per heavy atom. The normalized spacial score (nSPS) is 20.5. The molecule has 0 aromatic heterocycles. The molecule has 0 amide bonds. The van der Waals surface area contributed by atoms with E-state index in [9.17, 15) is 0 Å². The van der Waals surface area contributed by atoms with Crippen molar-refractivity contribution in [1.82, 2.24) is 0 Å². The number of hydrogen-bond acceptors (Lipinski definition) is 3. The van der Waals surface area contributed by atoms with Gasteiger partial charge in [-0.05, 0) is 30.7 Å². The van der Waals surface area contributed by atoms with Gasteiger partial charge in [0.25, 0.3) is 0 Å². The molecule has 1 aliphatic heterocycles. The summed E-state index contributed by atoms with van der Waals surface area (Å²) in [5, 5.41) is 3.62. The summed E-state index contributed by atoms with van der Waals surface area (Å²) in [7, 11) is 1.69. The summed E-state index contributed by atoms with van der Waals surface area (Å²) in [6.45, 7) is 2.75. The second kappa shape index (κ2) is 6.19. The van der Waals surface area contributed by atoms with Crippen molar-refractivity contribution in [3.8, 4) is 5.75 Å². The number of fused-ring (bicyclic) bond motifs is 1. The lowest BCUT2D eigenvalue weighted by Crippen LogP contribution is -2.23. The van der Waals surface area contributed by atoms with E-state index in [1.54, 1.807) is 7.11 Å². The average Bonchev–Trinajstić information content (AvgIpc) is 2.55. The van der Waals surface area contributed by atoms with Gasteiger partial charge in [0.15, 0.2) is 0 Å². The van der Waals surface area contributed by atoms with Crippen LogP contribution in [0.25, 0.3) is 0 Å². The maximum atomic E-state index is 5.96. The van der Waals surface area contributed by atoms with Crippen LogP contribution in [-0.2, 0) is 4.74 Å². The fourth-order valence-corrected chi connectivity index (χ4v) is 2.92. The molecule has 2 aromatic carbocycles. The molecule has 0 saturated heterocycles. The molecule has 1 aliphatic rings. The molecule has 3 heteroatoms. The van der Waals surface area contributed by atoms with E-state index < -0.39 is 0 Å². The van der Waals surface area contributed by atoms with Crippen molar-refractivity contribution < 1.29 is 9.47 Å². The van der Waals surface area contributed by atoms with E-state index in [4.69, 9.17) is 9.47 Å². The number of rotatable bonds is 4. The molecule has 0 unspecified atom stereocenters. The molecule has 3 rings (SSSR count). The van der Waals surface area contributed by atoms with Crippen molar-refractivity contribution >= 4 is 5.69 Å². The molecule has 2 aromatic rings. The van der Waals surface area contributed by atoms with Crippen molar-refractivity contribution in [3.05, 3.63) is 59.7 Å². The number of anilines is 1. The van der Waals surface area contributed by atoms with E-state index in [0.717, 1.165) is 17.9 Å². The Morgan fingerprint density at radius 3 is 2.67 bits per heavy atom. The molecule has 110 valence electrons. The smallest absolute Gasteiger partial charge is 0.119 e. The van der Waals surface area contributed by atoms with Crippen molar-refractivity contribution in [1.29, 1.82) is 0 Å². The van der Waals surface area contributed by atoms with Crippen LogP contribution in [0.5, 0.6) is 5.75 Å². The van der Waals surface area contributed by atoms with E-state index >= 15 is 0 Å². The molecule has 0 radical (unpaired) electrons. The van der Waals surface area contributed by atoms with Crippen LogP contribution in [-0.4, -0.2) is 13.7 Å². The highest BCUT2D eigenvalue weighted by Gasteiger charge is 2.28. The second-order valence-electron chi connectivity index (χ2n) is 5.24. The van der Waals surface area contributed by atoms with Crippen LogP contribution in [0.3, 0.4) is 0 Å². The Kier molecular flexibility index (Phi) is 4.11. The first-order valence-corrected chi connectivity index (χ1v) is 7.43. The zero-order valence-electron chi connectivity index (χ0n) is 12.5. The van der Waals surface area contributed by atoms with Crippen molar-refractivity contribution in [2.24, 2.45) is 0 Å². The van der Waals surface area contributed by atoms with E-state index in [0.29, 0.717) is 6.61 Å². The Balaban J connectivity index is 1.94. The van der Waals surface area contributed by atoms with Gasteiger partial charge >= 0.3 is 0 Å². The number of hydrogen-bond donors (Lipinski definition) is 1. The molecule has 1 N–H and O–H groups in total. The molecule has 0 aliphatic carbocycles. The van der Waals surface area contributed by atoms with Crippen LogP contribution in [0.2, 0.25) is 0 Å². The molecule has 0 fully saturated rings. The fourth-order valence-electron chi connectivity index (χ4n) is 2.92. The number of ether oxygens (including phenoxy) is 2. The maximum Gasteiger partial charge on any atom is 0.119 e. The highest BCUT2D eigenvalue weighted by Crippen LogP contribution is 2.42. The summed E-state index contributed by atoms with van der Waals surface area (Å²) in [6.07, 6.45) is 1.03. The third kappa shape index (κ3) is 2.88. The lowest BCUT2D eigenvalue weighted by molar-refractivity contribution is 0.0497. The highest BCUT2D eigenvalue weighted by molar-refractivity contribution is 5.58. The molecule has 3 nitrogen and oxygen atoms in total. The largest absolute Gasteiger partial charge is 0.497 e. The molecule has 0 bridgehead atoms. The van der Waals surface area contributed by atoms with Gasteiger partial charge in [-0.3, -0.25) is 0 Å². The standard InChI is InChI=1S/C18H21NO2/c1-3-21-18-12-17(13-7-5-4-6-8-13)19-16-10-9-14(20-2)11-15(16)18/h4-11,17-19H,3,12H2,1-2H3/t17-,18-/m0/s1. The summed E-state index contributed by atoms with van der Waals surface area (Å²) >= 11 is 0. The highest BCUT2D eigenvalue weighted by atomic mass is 16.5. The van der Waals surface area contributed by atoms with Gasteiger partial charge in [-0.15, -0.1) is 0 Å². The second-order valence-corrected chi connectivity index (χ2v) is 5.24. The summed E-state index contributed by atoms with van der Waals surface area (Å²) in [4.78, 5) is 0. The Labute approximate surface area is 125 Å². The quantitative estimate of drug-likeness (QED) is 0.906. The van der Waals surface area contributed by atoms with Crippen molar-refractivity contribution in [2.45, 2.75) is 25.5 Å². The average molecular weight is 283 g/mol. The minimum absolute atomic E-state index is 0.103. The summed E-state index contributed by atoms with van der Waals surface area (Å²) in [6, 6.07) is 17.0. The zero-order chi connectivity index (χ0) is 14.7. The fraction of sp³-hybridized carbons (Fsp3) is 0.333. The van der Waals surface area contributed by atoms with Crippen molar-refractivity contribution in [2.75, 3.05) is 19.0 Å². The van der Waals surface area contributed by atoms with Gasteiger partial charge < -0.3 is 14.8 Å². The van der Waals surface area contributed by atoms with Gasteiger partial charge in [-0.25, -0.2) is 0 Å². The first-order chi connectivity index (χ1) is 10.3. The van der Waals surface area contributed by atoms with Gasteiger partial charge in [0.2, 0.25) is 0 Å². The maximum absolute atomic E-state index is 5.96. The van der Waals surface area contributed by atoms with Gasteiger partial charge in [-0.2, -0.15) is 0 Å². The molecular formula is C18H21NO2. The SMILES string of the molecule is CCO[C@H]1C[C@@H](c2ccccc2)Nc2ccc(OC)cc21. The Hall–Kier alpha value is -2.00. The Morgan fingerprint density at radius 1 is 1.14 bits per heavy atom. The minimum Gasteiger partial charge on any atom is -0.497 e. The van der Waals surface area contributed by atoms with Crippen LogP contribution in [0.15, 0.2) is 48.5 Å². The van der Waals surface area contributed by atoms with Crippen LogP contribution in [0, 0.1) is 0 Å². The van der Waals surface area contributed by atoms with Crippen molar-refractivity contribution in [3.63, 3.8) is 0 Å². The third-order valence-electron chi connectivity index (χ3n) is 3.95. The zero-order valence-corrected chi connectivity index (χ0v) is 12.5. The summed E-state index contributed by atoms with van der Waals surface area (Å²) in [5.74, 6) is 0.874. The number of benzene rings is 2. The first-order valence-electron chi connectivity index (χ1n) is 7.43. The molecule has 0 spiro atoms. The lowest BCUT2D eigenvalue weighted by Gasteiger charge is -2.33. The van der Waals surface area contributed by atoms with Crippen LogP contribution >= 0.6 is 0 Å². The molecule has 21 heavy (non-hydrogen) atoms. The molecule has 0 saturated carbocycles. The van der Waals surface area contributed by atoms with Gasteiger partial charge in [-0.1, -0.05) is 30.3 Å². The van der Waals surface area contributed by atoms with E-state index in [2.05, 4.69) is 41.7 Å². The monoisotopic (exact) mass is 283 g/mol. The molecular weight excluding hydrogens is 262 g/mol. The van der Waals surface area contributed by atoms with Crippen LogP contribution < -0.4 is 10.1 Å². The molecule has 1 heterocycles. The first kappa shape index (κ1) is 14.0. The van der Waals surface area contributed by atoms with Crippen LogP contribution in [0.1, 0.15) is 36.6 Å². The van der Waals surface area contributed by atoms with E-state index in [1.165, 1.54) is 11.1 Å². The van der Waals surface area contributed by atoms with E-state index in [-0.39, 0.29) is 12.1 Å². The van der Waals surface area contributed by atoms with Gasteiger partial charge in [0.05, 0.1) is 19.3 Å². The minimum atomic E-state index is 0.103. The summed E-state index contributed by atoms with van der Waals surface area (Å²) in [5.41, 5.74) is 3.61. The number of nitrogens with one attached hydrogen (secondary N) is 1. The Bertz CT molecular complexity index is 597. The van der Waals surface area contributed by atoms with Gasteiger partial charge in [0.1, 0.15) is 5.75 Å². The predicted octanol–water partition coefficient (Wildman–Crippen LogP) is 4.33.